The third-order valence-corrected chi connectivity index (χ3v) is 5.44. The fourth-order valence-electron chi connectivity index (χ4n) is 2.37. The third kappa shape index (κ3) is 4.80. The lowest BCUT2D eigenvalue weighted by Gasteiger charge is -2.34. The Morgan fingerprint density at radius 2 is 1.86 bits per heavy atom. The molecule has 1 saturated heterocycles. The Labute approximate surface area is 136 Å². The Hall–Kier alpha value is -0.910. The molecule has 0 radical (unpaired) electrons. The van der Waals surface area contributed by atoms with Gasteiger partial charge in [0.05, 0.1) is 5.92 Å². The molecule has 0 N–H and O–H groups in total. The van der Waals surface area contributed by atoms with Gasteiger partial charge in [-0.05, 0) is 19.5 Å². The van der Waals surface area contributed by atoms with Crippen LogP contribution in [0.15, 0.2) is 30.3 Å². The molecular weight excluding hydrogens is 300 g/mol. The van der Waals surface area contributed by atoms with E-state index >= 15 is 0 Å². The highest BCUT2D eigenvalue weighted by Crippen LogP contribution is 2.24. The van der Waals surface area contributed by atoms with E-state index in [9.17, 15) is 4.79 Å². The van der Waals surface area contributed by atoms with Crippen LogP contribution in [0.4, 0.5) is 0 Å². The number of nitrogens with zero attached hydrogens (tertiary/aromatic N) is 2. The molecule has 0 amide bonds. The number of rotatable bonds is 4. The first-order chi connectivity index (χ1) is 10.1. The van der Waals surface area contributed by atoms with Gasteiger partial charge in [0.1, 0.15) is 10.1 Å². The minimum Gasteiger partial charge on any atom is -0.355 e. The van der Waals surface area contributed by atoms with Gasteiger partial charge in [-0.15, -0.1) is 0 Å². The predicted molar refractivity (Wildman–Crippen MR) is 94.0 cm³/mol. The summed E-state index contributed by atoms with van der Waals surface area (Å²) in [5.74, 6) is 0.862. The van der Waals surface area contributed by atoms with Crippen molar-refractivity contribution in [1.29, 1.82) is 0 Å². The van der Waals surface area contributed by atoms with Crippen LogP contribution in [0.25, 0.3) is 0 Å². The van der Waals surface area contributed by atoms with E-state index in [-0.39, 0.29) is 11.7 Å². The standard InChI is InChI=1S/C16H22N2OS2/c1-13(19)15(14-6-4-3-5-7-14)12-21-16(20)18-10-8-17(2)9-11-18/h3-7,15H,8-12H2,1-2H3. The van der Waals surface area contributed by atoms with Gasteiger partial charge in [-0.25, -0.2) is 0 Å². The summed E-state index contributed by atoms with van der Waals surface area (Å²) in [7, 11) is 2.13. The highest BCUT2D eigenvalue weighted by atomic mass is 32.2. The Morgan fingerprint density at radius 1 is 1.24 bits per heavy atom. The average molecular weight is 322 g/mol. The molecule has 1 atom stereocenters. The molecular formula is C16H22N2OS2. The van der Waals surface area contributed by atoms with Crippen LogP contribution >= 0.6 is 24.0 Å². The van der Waals surface area contributed by atoms with Crippen LogP contribution in [0.2, 0.25) is 0 Å². The van der Waals surface area contributed by atoms with Gasteiger partial charge in [-0.1, -0.05) is 54.3 Å². The number of hydrogen-bond donors (Lipinski definition) is 0. The van der Waals surface area contributed by atoms with E-state index in [4.69, 9.17) is 12.2 Å². The lowest BCUT2D eigenvalue weighted by molar-refractivity contribution is -0.117. The lowest BCUT2D eigenvalue weighted by atomic mass is 9.98. The number of thiocarbonyl (C=S) groups is 1. The molecule has 0 aromatic heterocycles. The first kappa shape index (κ1) is 16.5. The van der Waals surface area contributed by atoms with Crippen LogP contribution < -0.4 is 0 Å². The number of thioether (sulfide) groups is 1. The van der Waals surface area contributed by atoms with Crippen molar-refractivity contribution in [3.63, 3.8) is 0 Å². The Bertz CT molecular complexity index is 484. The van der Waals surface area contributed by atoms with Crippen molar-refractivity contribution in [3.8, 4) is 0 Å². The van der Waals surface area contributed by atoms with Crippen molar-refractivity contribution in [3.05, 3.63) is 35.9 Å². The second-order valence-corrected chi connectivity index (χ2v) is 7.09. The van der Waals surface area contributed by atoms with E-state index in [1.54, 1.807) is 18.7 Å². The number of ketones is 1. The molecule has 0 bridgehead atoms. The molecule has 0 aliphatic carbocycles. The average Bonchev–Trinajstić information content (AvgIpc) is 2.48. The molecule has 3 nitrogen and oxygen atoms in total. The van der Waals surface area contributed by atoms with Gasteiger partial charge < -0.3 is 9.80 Å². The number of hydrogen-bond acceptors (Lipinski definition) is 4. The van der Waals surface area contributed by atoms with Crippen LogP contribution in [-0.2, 0) is 4.79 Å². The number of benzene rings is 1. The zero-order chi connectivity index (χ0) is 15.2. The third-order valence-electron chi connectivity index (χ3n) is 3.83. The fourth-order valence-corrected chi connectivity index (χ4v) is 3.86. The normalized spacial score (nSPS) is 17.5. The molecule has 1 heterocycles. The molecule has 0 spiro atoms. The van der Waals surface area contributed by atoms with Crippen molar-refractivity contribution in [2.24, 2.45) is 0 Å². The maximum absolute atomic E-state index is 11.9. The monoisotopic (exact) mass is 322 g/mol. The van der Waals surface area contributed by atoms with E-state index in [1.165, 1.54) is 0 Å². The number of likely N-dealkylation sites (N-methyl/N-ethyl adjacent to an activating group) is 1. The summed E-state index contributed by atoms with van der Waals surface area (Å²) in [6.07, 6.45) is 0. The summed E-state index contributed by atoms with van der Waals surface area (Å²) < 4.78 is 0.922. The van der Waals surface area contributed by atoms with Crippen LogP contribution in [0.1, 0.15) is 18.4 Å². The van der Waals surface area contributed by atoms with Gasteiger partial charge >= 0.3 is 0 Å². The van der Waals surface area contributed by atoms with Crippen molar-refractivity contribution < 1.29 is 4.79 Å². The van der Waals surface area contributed by atoms with Gasteiger partial charge in [0, 0.05) is 31.9 Å². The molecule has 1 aromatic carbocycles. The molecule has 2 rings (SSSR count). The number of Topliss-reactive ketones (excluding diaryl/α,β-unsaturated/α-hetero) is 1. The summed E-state index contributed by atoms with van der Waals surface area (Å²) in [4.78, 5) is 16.5. The number of carbonyl (C=O) groups excluding carboxylic acids is 1. The topological polar surface area (TPSA) is 23.6 Å². The van der Waals surface area contributed by atoms with Crippen LogP contribution in [0.3, 0.4) is 0 Å². The fraction of sp³-hybridized carbons (Fsp3) is 0.500. The number of carbonyl (C=O) groups is 1. The van der Waals surface area contributed by atoms with Crippen molar-refractivity contribution >= 4 is 34.1 Å². The quantitative estimate of drug-likeness (QED) is 0.793. The molecule has 1 aliphatic heterocycles. The molecule has 1 aliphatic rings. The first-order valence-corrected chi connectivity index (χ1v) is 8.63. The minimum absolute atomic E-state index is 0.0679. The molecule has 0 saturated carbocycles. The van der Waals surface area contributed by atoms with Gasteiger partial charge in [0.25, 0.3) is 0 Å². The second-order valence-electron chi connectivity index (χ2n) is 5.44. The Kier molecular flexibility index (Phi) is 6.21. The van der Waals surface area contributed by atoms with Crippen LogP contribution in [0.5, 0.6) is 0 Å². The molecule has 5 heteroatoms. The maximum atomic E-state index is 11.9. The summed E-state index contributed by atoms with van der Waals surface area (Å²) in [6, 6.07) is 9.98. The SMILES string of the molecule is CC(=O)C(CSC(=S)N1CCN(C)CC1)c1ccccc1. The van der Waals surface area contributed by atoms with Crippen LogP contribution in [-0.4, -0.2) is 58.9 Å². The summed E-state index contributed by atoms with van der Waals surface area (Å²) >= 11 is 7.16. The number of piperazine rings is 1. The van der Waals surface area contributed by atoms with E-state index in [2.05, 4.69) is 16.8 Å². The molecule has 114 valence electrons. The van der Waals surface area contributed by atoms with Gasteiger partial charge in [-0.3, -0.25) is 4.79 Å². The van der Waals surface area contributed by atoms with E-state index in [0.717, 1.165) is 41.8 Å². The van der Waals surface area contributed by atoms with Crippen molar-refractivity contribution in [2.75, 3.05) is 39.0 Å². The Balaban J connectivity index is 1.90. The van der Waals surface area contributed by atoms with Crippen molar-refractivity contribution in [2.45, 2.75) is 12.8 Å². The van der Waals surface area contributed by atoms with Crippen molar-refractivity contribution in [1.82, 2.24) is 9.80 Å². The highest BCUT2D eigenvalue weighted by Gasteiger charge is 2.21. The summed E-state index contributed by atoms with van der Waals surface area (Å²) in [5, 5.41) is 0. The maximum Gasteiger partial charge on any atom is 0.138 e. The predicted octanol–water partition coefficient (Wildman–Crippen LogP) is 2.62. The van der Waals surface area contributed by atoms with Gasteiger partial charge in [0.2, 0.25) is 0 Å². The Morgan fingerprint density at radius 3 is 2.43 bits per heavy atom. The summed E-state index contributed by atoms with van der Waals surface area (Å²) in [5.41, 5.74) is 1.08. The second kappa shape index (κ2) is 7.92. The van der Waals surface area contributed by atoms with E-state index in [1.807, 2.05) is 30.3 Å². The zero-order valence-corrected chi connectivity index (χ0v) is 14.3. The molecule has 1 fully saturated rings. The van der Waals surface area contributed by atoms with Gasteiger partial charge in [0.15, 0.2) is 0 Å². The molecule has 21 heavy (non-hydrogen) atoms. The first-order valence-electron chi connectivity index (χ1n) is 7.23. The lowest BCUT2D eigenvalue weighted by Crippen LogP contribution is -2.45. The zero-order valence-electron chi connectivity index (χ0n) is 12.6. The van der Waals surface area contributed by atoms with Crippen LogP contribution in [0, 0.1) is 0 Å². The van der Waals surface area contributed by atoms with E-state index in [0.29, 0.717) is 0 Å². The largest absolute Gasteiger partial charge is 0.355 e. The molecule has 1 unspecified atom stereocenters. The van der Waals surface area contributed by atoms with E-state index < -0.39 is 0 Å². The molecule has 1 aromatic rings. The minimum atomic E-state index is -0.0679. The van der Waals surface area contributed by atoms with Gasteiger partial charge in [-0.2, -0.15) is 0 Å². The highest BCUT2D eigenvalue weighted by molar-refractivity contribution is 8.22. The smallest absolute Gasteiger partial charge is 0.138 e. The summed E-state index contributed by atoms with van der Waals surface area (Å²) in [6.45, 7) is 5.74.